The Morgan fingerprint density at radius 2 is 2.18 bits per heavy atom. The summed E-state index contributed by atoms with van der Waals surface area (Å²) in [6.45, 7) is 4.47. The summed E-state index contributed by atoms with van der Waals surface area (Å²) in [4.78, 5) is 10.7. The molecule has 0 aromatic heterocycles. The fraction of sp³-hybridized carbons (Fsp3) is 0.357. The molecule has 0 aliphatic rings. The molecule has 0 bridgehead atoms. The highest BCUT2D eigenvalue weighted by molar-refractivity contribution is 5.71. The number of rotatable bonds is 6. The van der Waals surface area contributed by atoms with Crippen molar-refractivity contribution in [1.82, 2.24) is 0 Å². The fourth-order valence-electron chi connectivity index (χ4n) is 1.54. The van der Waals surface area contributed by atoms with Crippen LogP contribution >= 0.6 is 0 Å². The van der Waals surface area contributed by atoms with Crippen LogP contribution in [0.3, 0.4) is 0 Å². The van der Waals surface area contributed by atoms with E-state index in [2.05, 4.69) is 6.92 Å². The van der Waals surface area contributed by atoms with Crippen LogP contribution in [0.25, 0.3) is 0 Å². The monoisotopic (exact) mass is 234 g/mol. The van der Waals surface area contributed by atoms with Crippen LogP contribution in [0.1, 0.15) is 24.5 Å². The summed E-state index contributed by atoms with van der Waals surface area (Å²) in [6.07, 6.45) is 5.02. The lowest BCUT2D eigenvalue weighted by atomic mass is 10.1. The van der Waals surface area contributed by atoms with Gasteiger partial charge in [0.2, 0.25) is 0 Å². The molecule has 17 heavy (non-hydrogen) atoms. The van der Waals surface area contributed by atoms with Crippen LogP contribution in [-0.2, 0) is 11.2 Å². The number of carboxylic acids is 1. The van der Waals surface area contributed by atoms with Crippen molar-refractivity contribution in [2.45, 2.75) is 26.7 Å². The molecule has 3 nitrogen and oxygen atoms in total. The number of allylic oxidation sites excluding steroid dienone is 1. The lowest BCUT2D eigenvalue weighted by Gasteiger charge is -2.10. The molecule has 0 radical (unpaired) electrons. The van der Waals surface area contributed by atoms with Crippen LogP contribution in [0.5, 0.6) is 5.75 Å². The van der Waals surface area contributed by atoms with Crippen LogP contribution in [0.2, 0.25) is 0 Å². The van der Waals surface area contributed by atoms with Gasteiger partial charge in [0.25, 0.3) is 0 Å². The first-order valence-corrected chi connectivity index (χ1v) is 5.73. The van der Waals surface area contributed by atoms with Gasteiger partial charge in [-0.1, -0.05) is 31.2 Å². The van der Waals surface area contributed by atoms with E-state index < -0.39 is 5.97 Å². The van der Waals surface area contributed by atoms with E-state index in [1.807, 2.05) is 37.3 Å². The normalized spacial score (nSPS) is 10.7. The number of ether oxygens (including phenoxy) is 1. The molecular weight excluding hydrogens is 216 g/mol. The molecule has 92 valence electrons. The molecule has 0 atom stereocenters. The van der Waals surface area contributed by atoms with Gasteiger partial charge >= 0.3 is 5.97 Å². The first-order chi connectivity index (χ1) is 8.15. The second-order valence-electron chi connectivity index (χ2n) is 3.80. The summed E-state index contributed by atoms with van der Waals surface area (Å²) >= 11 is 0. The minimum atomic E-state index is -0.823. The zero-order valence-corrected chi connectivity index (χ0v) is 10.3. The van der Waals surface area contributed by atoms with Crippen molar-refractivity contribution in [2.75, 3.05) is 6.61 Å². The van der Waals surface area contributed by atoms with E-state index in [1.165, 1.54) is 0 Å². The number of hydrogen-bond donors (Lipinski definition) is 1. The largest absolute Gasteiger partial charge is 0.489 e. The van der Waals surface area contributed by atoms with Crippen LogP contribution in [0.4, 0.5) is 0 Å². The summed E-state index contributed by atoms with van der Waals surface area (Å²) in [5, 5.41) is 8.78. The Hall–Kier alpha value is -1.77. The zero-order valence-electron chi connectivity index (χ0n) is 10.3. The predicted octanol–water partition coefficient (Wildman–Crippen LogP) is 2.97. The highest BCUT2D eigenvalue weighted by Crippen LogP contribution is 2.21. The van der Waals surface area contributed by atoms with Gasteiger partial charge < -0.3 is 9.84 Å². The van der Waals surface area contributed by atoms with Gasteiger partial charge in [0.1, 0.15) is 12.4 Å². The second-order valence-corrected chi connectivity index (χ2v) is 3.80. The van der Waals surface area contributed by atoms with Crippen molar-refractivity contribution in [1.29, 1.82) is 0 Å². The third kappa shape index (κ3) is 4.31. The standard InChI is InChI=1S/C14H18O3/c1-3-4-5-9-17-13-8-6-7-12(11(13)2)10-14(15)16/h4-8H,3,9-10H2,1-2H3,(H,15,16)/b5-4-. The van der Waals surface area contributed by atoms with Gasteiger partial charge in [-0.2, -0.15) is 0 Å². The number of hydrogen-bond acceptors (Lipinski definition) is 2. The van der Waals surface area contributed by atoms with Gasteiger partial charge in [-0.05, 0) is 30.5 Å². The molecular formula is C14H18O3. The maximum absolute atomic E-state index is 10.7. The molecule has 0 heterocycles. The SMILES string of the molecule is CC/C=C\COc1cccc(CC(=O)O)c1C. The molecule has 0 saturated carbocycles. The van der Waals surface area contributed by atoms with E-state index in [0.29, 0.717) is 6.61 Å². The van der Waals surface area contributed by atoms with Crippen molar-refractivity contribution >= 4 is 5.97 Å². The molecule has 0 aliphatic heterocycles. The summed E-state index contributed by atoms with van der Waals surface area (Å²) < 4.78 is 5.58. The van der Waals surface area contributed by atoms with Gasteiger partial charge in [0, 0.05) is 0 Å². The Morgan fingerprint density at radius 1 is 1.41 bits per heavy atom. The van der Waals surface area contributed by atoms with Crippen LogP contribution in [0.15, 0.2) is 30.4 Å². The van der Waals surface area contributed by atoms with E-state index in [0.717, 1.165) is 23.3 Å². The van der Waals surface area contributed by atoms with Crippen molar-refractivity contribution in [3.63, 3.8) is 0 Å². The quantitative estimate of drug-likeness (QED) is 0.770. The summed E-state index contributed by atoms with van der Waals surface area (Å²) in [5.74, 6) is -0.0689. The van der Waals surface area contributed by atoms with Gasteiger partial charge in [-0.15, -0.1) is 0 Å². The molecule has 0 saturated heterocycles. The molecule has 0 spiro atoms. The molecule has 1 N–H and O–H groups in total. The second kappa shape index (κ2) is 6.74. The smallest absolute Gasteiger partial charge is 0.307 e. The minimum Gasteiger partial charge on any atom is -0.489 e. The van der Waals surface area contributed by atoms with Crippen molar-refractivity contribution in [2.24, 2.45) is 0 Å². The number of carboxylic acid groups (broad SMARTS) is 1. The topological polar surface area (TPSA) is 46.5 Å². The Balaban J connectivity index is 2.72. The van der Waals surface area contributed by atoms with Gasteiger partial charge in [0.05, 0.1) is 6.42 Å². The molecule has 1 rings (SSSR count). The number of aliphatic carboxylic acids is 1. The molecule has 0 aliphatic carbocycles. The molecule has 1 aromatic rings. The Labute approximate surface area is 102 Å². The van der Waals surface area contributed by atoms with Crippen molar-refractivity contribution < 1.29 is 14.6 Å². The lowest BCUT2D eigenvalue weighted by molar-refractivity contribution is -0.136. The van der Waals surface area contributed by atoms with E-state index >= 15 is 0 Å². The van der Waals surface area contributed by atoms with E-state index in [9.17, 15) is 4.79 Å². The van der Waals surface area contributed by atoms with Gasteiger partial charge in [-0.25, -0.2) is 0 Å². The maximum atomic E-state index is 10.7. The zero-order chi connectivity index (χ0) is 12.7. The highest BCUT2D eigenvalue weighted by atomic mass is 16.5. The van der Waals surface area contributed by atoms with E-state index in [1.54, 1.807) is 0 Å². The molecule has 1 aromatic carbocycles. The number of carbonyl (C=O) groups is 1. The van der Waals surface area contributed by atoms with Gasteiger partial charge in [-0.3, -0.25) is 4.79 Å². The van der Waals surface area contributed by atoms with E-state index in [-0.39, 0.29) is 6.42 Å². The highest BCUT2D eigenvalue weighted by Gasteiger charge is 2.07. The molecule has 0 unspecified atom stereocenters. The van der Waals surface area contributed by atoms with Crippen LogP contribution in [-0.4, -0.2) is 17.7 Å². The van der Waals surface area contributed by atoms with Crippen LogP contribution in [0, 0.1) is 6.92 Å². The van der Waals surface area contributed by atoms with Crippen molar-refractivity contribution in [3.8, 4) is 5.75 Å². The van der Waals surface area contributed by atoms with Crippen LogP contribution < -0.4 is 4.74 Å². The Morgan fingerprint density at radius 3 is 2.82 bits per heavy atom. The molecule has 0 amide bonds. The van der Waals surface area contributed by atoms with Crippen molar-refractivity contribution in [3.05, 3.63) is 41.5 Å². The maximum Gasteiger partial charge on any atom is 0.307 e. The lowest BCUT2D eigenvalue weighted by Crippen LogP contribution is -2.04. The first kappa shape index (κ1) is 13.3. The third-order valence-corrected chi connectivity index (χ3v) is 2.48. The summed E-state index contributed by atoms with van der Waals surface area (Å²) in [7, 11) is 0. The Kier molecular flexibility index (Phi) is 5.27. The number of benzene rings is 1. The summed E-state index contributed by atoms with van der Waals surface area (Å²) in [6, 6.07) is 5.50. The molecule has 3 heteroatoms. The fourth-order valence-corrected chi connectivity index (χ4v) is 1.54. The predicted molar refractivity (Wildman–Crippen MR) is 67.4 cm³/mol. The average Bonchev–Trinajstić information content (AvgIpc) is 2.28. The minimum absolute atomic E-state index is 0.0355. The third-order valence-electron chi connectivity index (χ3n) is 2.48. The first-order valence-electron chi connectivity index (χ1n) is 5.73. The molecule has 0 fully saturated rings. The average molecular weight is 234 g/mol. The summed E-state index contributed by atoms with van der Waals surface area (Å²) in [5.41, 5.74) is 1.70. The van der Waals surface area contributed by atoms with E-state index in [4.69, 9.17) is 9.84 Å². The Bertz CT molecular complexity index is 408. The van der Waals surface area contributed by atoms with Gasteiger partial charge in [0.15, 0.2) is 0 Å².